The molecule has 19 heavy (non-hydrogen) atoms. The summed E-state index contributed by atoms with van der Waals surface area (Å²) in [5.74, 6) is 4.69. The van der Waals surface area contributed by atoms with Gasteiger partial charge in [-0.1, -0.05) is 11.6 Å². The molecule has 7 heteroatoms. The van der Waals surface area contributed by atoms with Crippen LogP contribution in [0.5, 0.6) is 0 Å². The number of halogens is 2. The third-order valence-corrected chi connectivity index (χ3v) is 2.63. The molecule has 0 unspecified atom stereocenters. The summed E-state index contributed by atoms with van der Waals surface area (Å²) in [5.41, 5.74) is 3.05. The normalized spacial score (nSPS) is 10.1. The van der Waals surface area contributed by atoms with Crippen molar-refractivity contribution in [2.75, 3.05) is 10.7 Å². The molecule has 1 heterocycles. The van der Waals surface area contributed by atoms with Crippen LogP contribution in [0, 0.1) is 5.82 Å². The Labute approximate surface area is 113 Å². The first-order valence-electron chi connectivity index (χ1n) is 5.29. The van der Waals surface area contributed by atoms with Crippen LogP contribution in [-0.2, 0) is 0 Å². The van der Waals surface area contributed by atoms with Crippen molar-refractivity contribution in [3.05, 3.63) is 52.9 Å². The molecule has 0 fully saturated rings. The number of hydrazine groups is 1. The number of anilines is 2. The van der Waals surface area contributed by atoms with Gasteiger partial charge in [-0.2, -0.15) is 0 Å². The quantitative estimate of drug-likeness (QED) is 0.596. The fourth-order valence-electron chi connectivity index (χ4n) is 1.40. The second-order valence-electron chi connectivity index (χ2n) is 3.66. The van der Waals surface area contributed by atoms with E-state index in [0.29, 0.717) is 5.69 Å². The third kappa shape index (κ3) is 3.18. The van der Waals surface area contributed by atoms with Crippen molar-refractivity contribution in [2.45, 2.75) is 0 Å². The van der Waals surface area contributed by atoms with E-state index in [1.165, 1.54) is 36.5 Å². The molecule has 0 radical (unpaired) electrons. The van der Waals surface area contributed by atoms with Gasteiger partial charge in [0.15, 0.2) is 5.82 Å². The number of carbonyl (C=O) groups excluding carboxylic acids is 1. The summed E-state index contributed by atoms with van der Waals surface area (Å²) in [6, 6.07) is 6.85. The minimum Gasteiger partial charge on any atom is -0.322 e. The van der Waals surface area contributed by atoms with E-state index in [2.05, 4.69) is 15.7 Å². The summed E-state index contributed by atoms with van der Waals surface area (Å²) >= 11 is 5.86. The molecule has 0 aliphatic heterocycles. The van der Waals surface area contributed by atoms with Crippen LogP contribution in [0.1, 0.15) is 10.4 Å². The number of nitrogens with two attached hydrogens (primary N) is 1. The fraction of sp³-hybridized carbons (Fsp3) is 0. The summed E-state index contributed by atoms with van der Waals surface area (Å²) < 4.78 is 12.7. The van der Waals surface area contributed by atoms with E-state index < -0.39 is 5.91 Å². The van der Waals surface area contributed by atoms with Gasteiger partial charge in [-0.3, -0.25) is 4.79 Å². The van der Waals surface area contributed by atoms with Gasteiger partial charge in [-0.15, -0.1) is 0 Å². The molecule has 5 nitrogen and oxygen atoms in total. The second kappa shape index (κ2) is 5.64. The largest absolute Gasteiger partial charge is 0.322 e. The highest BCUT2D eigenvalue weighted by Gasteiger charge is 2.09. The maximum atomic E-state index is 12.7. The van der Waals surface area contributed by atoms with Crippen molar-refractivity contribution >= 4 is 29.0 Å². The summed E-state index contributed by atoms with van der Waals surface area (Å²) in [6.45, 7) is 0. The van der Waals surface area contributed by atoms with Crippen molar-refractivity contribution in [1.29, 1.82) is 0 Å². The molecule has 0 saturated carbocycles. The molecule has 0 spiro atoms. The predicted molar refractivity (Wildman–Crippen MR) is 71.4 cm³/mol. The summed E-state index contributed by atoms with van der Waals surface area (Å²) in [4.78, 5) is 15.8. The van der Waals surface area contributed by atoms with E-state index >= 15 is 0 Å². The molecule has 1 aromatic carbocycles. The van der Waals surface area contributed by atoms with Crippen LogP contribution in [0.25, 0.3) is 0 Å². The van der Waals surface area contributed by atoms with Crippen molar-refractivity contribution < 1.29 is 9.18 Å². The van der Waals surface area contributed by atoms with Crippen LogP contribution in [0.4, 0.5) is 15.9 Å². The highest BCUT2D eigenvalue weighted by molar-refractivity contribution is 6.33. The Hall–Kier alpha value is -2.18. The number of hydrogen-bond donors (Lipinski definition) is 3. The van der Waals surface area contributed by atoms with E-state index in [9.17, 15) is 9.18 Å². The maximum absolute atomic E-state index is 12.7. The van der Waals surface area contributed by atoms with Crippen molar-refractivity contribution in [3.8, 4) is 0 Å². The molecule has 0 aliphatic carbocycles. The minimum absolute atomic E-state index is 0.231. The van der Waals surface area contributed by atoms with E-state index in [1.807, 2.05) is 0 Å². The number of hydrogen-bond acceptors (Lipinski definition) is 4. The smallest absolute Gasteiger partial charge is 0.257 e. The average Bonchev–Trinajstić information content (AvgIpc) is 2.41. The van der Waals surface area contributed by atoms with Crippen LogP contribution >= 0.6 is 11.6 Å². The van der Waals surface area contributed by atoms with Crippen LogP contribution in [-0.4, -0.2) is 10.9 Å². The second-order valence-corrected chi connectivity index (χ2v) is 4.07. The van der Waals surface area contributed by atoms with Crippen molar-refractivity contribution in [2.24, 2.45) is 5.84 Å². The topological polar surface area (TPSA) is 80.0 Å². The number of nitrogens with zero attached hydrogens (tertiary/aromatic N) is 1. The maximum Gasteiger partial charge on any atom is 0.257 e. The summed E-state index contributed by atoms with van der Waals surface area (Å²) in [7, 11) is 0. The van der Waals surface area contributed by atoms with E-state index in [0.717, 1.165) is 0 Å². The number of aromatic nitrogens is 1. The zero-order valence-corrected chi connectivity index (χ0v) is 10.4. The molecule has 2 rings (SSSR count). The van der Waals surface area contributed by atoms with Gasteiger partial charge in [0, 0.05) is 11.9 Å². The Morgan fingerprint density at radius 2 is 2.00 bits per heavy atom. The highest BCUT2D eigenvalue weighted by Crippen LogP contribution is 2.19. The van der Waals surface area contributed by atoms with Gasteiger partial charge >= 0.3 is 0 Å². The Kier molecular flexibility index (Phi) is 3.94. The molecule has 98 valence electrons. The lowest BCUT2D eigenvalue weighted by Crippen LogP contribution is -2.14. The number of rotatable bonds is 3. The number of nitrogens with one attached hydrogen (secondary N) is 2. The fourth-order valence-corrected chi connectivity index (χ4v) is 1.63. The van der Waals surface area contributed by atoms with Crippen LogP contribution < -0.4 is 16.6 Å². The molecule has 0 saturated heterocycles. The number of amides is 1. The Balaban J connectivity index is 2.16. The van der Waals surface area contributed by atoms with Gasteiger partial charge in [0.1, 0.15) is 5.82 Å². The SMILES string of the molecule is NNc1ncc(C(=O)Nc2ccc(F)cc2)cc1Cl. The van der Waals surface area contributed by atoms with Gasteiger partial charge in [0.25, 0.3) is 5.91 Å². The van der Waals surface area contributed by atoms with Crippen molar-refractivity contribution in [3.63, 3.8) is 0 Å². The monoisotopic (exact) mass is 280 g/mol. The number of benzene rings is 1. The van der Waals surface area contributed by atoms with E-state index in [1.54, 1.807) is 0 Å². The van der Waals surface area contributed by atoms with Gasteiger partial charge in [0.2, 0.25) is 0 Å². The predicted octanol–water partition coefficient (Wildman–Crippen LogP) is 2.41. The zero-order valence-electron chi connectivity index (χ0n) is 9.65. The van der Waals surface area contributed by atoms with Crippen LogP contribution in [0.2, 0.25) is 5.02 Å². The highest BCUT2D eigenvalue weighted by atomic mass is 35.5. The van der Waals surface area contributed by atoms with Gasteiger partial charge in [0.05, 0.1) is 10.6 Å². The molecular formula is C12H10ClFN4O. The first kappa shape index (κ1) is 13.3. The van der Waals surface area contributed by atoms with Crippen molar-refractivity contribution in [1.82, 2.24) is 4.98 Å². The lowest BCUT2D eigenvalue weighted by atomic mass is 10.2. The zero-order chi connectivity index (χ0) is 13.8. The molecule has 4 N–H and O–H groups in total. The van der Waals surface area contributed by atoms with Crippen LogP contribution in [0.3, 0.4) is 0 Å². The average molecular weight is 281 g/mol. The number of pyridine rings is 1. The Morgan fingerprint density at radius 1 is 1.32 bits per heavy atom. The van der Waals surface area contributed by atoms with Crippen LogP contribution in [0.15, 0.2) is 36.5 Å². The lowest BCUT2D eigenvalue weighted by molar-refractivity contribution is 0.102. The summed E-state index contributed by atoms with van der Waals surface area (Å²) in [5, 5.41) is 2.83. The third-order valence-electron chi connectivity index (χ3n) is 2.34. The number of carbonyl (C=O) groups is 1. The standard InChI is InChI=1S/C12H10ClFN4O/c13-10-5-7(6-16-11(10)18-15)12(19)17-9-3-1-8(14)2-4-9/h1-6H,15H2,(H,16,18)(H,17,19). The molecule has 0 aliphatic rings. The minimum atomic E-state index is -0.399. The first-order valence-corrected chi connectivity index (χ1v) is 5.67. The lowest BCUT2D eigenvalue weighted by Gasteiger charge is -2.07. The van der Waals surface area contributed by atoms with E-state index in [-0.39, 0.29) is 22.2 Å². The number of nitrogen functional groups attached to an aromatic ring is 1. The Morgan fingerprint density at radius 3 is 2.58 bits per heavy atom. The molecule has 0 atom stereocenters. The summed E-state index contributed by atoms with van der Waals surface area (Å²) in [6.07, 6.45) is 1.33. The molecule has 0 bridgehead atoms. The van der Waals surface area contributed by atoms with Gasteiger partial charge in [-0.05, 0) is 30.3 Å². The molecular weight excluding hydrogens is 271 g/mol. The van der Waals surface area contributed by atoms with Gasteiger partial charge < -0.3 is 10.7 Å². The van der Waals surface area contributed by atoms with Gasteiger partial charge in [-0.25, -0.2) is 15.2 Å². The molecule has 1 amide bonds. The molecule has 2 aromatic rings. The molecule has 1 aromatic heterocycles. The van der Waals surface area contributed by atoms with E-state index in [4.69, 9.17) is 17.4 Å². The first-order chi connectivity index (χ1) is 9.10. The Bertz CT molecular complexity index is 603.